The molecule has 0 spiro atoms. The molecule has 2 fully saturated rings. The molecule has 0 radical (unpaired) electrons. The Morgan fingerprint density at radius 3 is 2.55 bits per heavy atom. The van der Waals surface area contributed by atoms with Crippen molar-refractivity contribution < 1.29 is 14.1 Å². The SMILES string of the molecule is CN1CCN(Cc2noc(C(CCCC3CCCCC3)CC(=O)OC(C)(C)C)n2)CC1. The first-order chi connectivity index (χ1) is 14.8. The Balaban J connectivity index is 1.57. The van der Waals surface area contributed by atoms with Crippen molar-refractivity contribution in [1.82, 2.24) is 19.9 Å². The van der Waals surface area contributed by atoms with Gasteiger partial charge >= 0.3 is 5.97 Å². The number of esters is 1. The normalized spacial score (nSPS) is 20.6. The maximum atomic E-state index is 12.5. The number of hydrogen-bond acceptors (Lipinski definition) is 7. The van der Waals surface area contributed by atoms with Crippen LogP contribution in [-0.2, 0) is 16.1 Å². The van der Waals surface area contributed by atoms with Crippen molar-refractivity contribution in [3.63, 3.8) is 0 Å². The minimum atomic E-state index is -0.481. The summed E-state index contributed by atoms with van der Waals surface area (Å²) in [6, 6.07) is 0. The van der Waals surface area contributed by atoms with E-state index in [0.717, 1.165) is 50.8 Å². The van der Waals surface area contributed by atoms with Gasteiger partial charge in [0.1, 0.15) is 5.60 Å². The number of rotatable bonds is 9. The van der Waals surface area contributed by atoms with Gasteiger partial charge < -0.3 is 14.2 Å². The quantitative estimate of drug-likeness (QED) is 0.534. The number of piperazine rings is 1. The fraction of sp³-hybridized carbons (Fsp3) is 0.875. The van der Waals surface area contributed by atoms with Crippen molar-refractivity contribution in [2.45, 2.75) is 96.6 Å². The molecule has 7 heteroatoms. The molecule has 2 aliphatic rings. The van der Waals surface area contributed by atoms with Crippen molar-refractivity contribution in [1.29, 1.82) is 0 Å². The summed E-state index contributed by atoms with van der Waals surface area (Å²) in [6.45, 7) is 10.6. The number of hydrogen-bond donors (Lipinski definition) is 0. The molecule has 2 heterocycles. The summed E-state index contributed by atoms with van der Waals surface area (Å²) in [5.74, 6) is 1.91. The van der Waals surface area contributed by atoms with Gasteiger partial charge in [-0.15, -0.1) is 0 Å². The molecule has 0 amide bonds. The number of likely N-dealkylation sites (N-methyl/N-ethyl adjacent to an activating group) is 1. The average molecular weight is 435 g/mol. The lowest BCUT2D eigenvalue weighted by Gasteiger charge is -2.31. The molecule has 1 aromatic rings. The maximum absolute atomic E-state index is 12.5. The van der Waals surface area contributed by atoms with Crippen LogP contribution in [0.25, 0.3) is 0 Å². The Morgan fingerprint density at radius 1 is 1.16 bits per heavy atom. The largest absolute Gasteiger partial charge is 0.460 e. The average Bonchev–Trinajstić information content (AvgIpc) is 3.17. The van der Waals surface area contributed by atoms with Crippen molar-refractivity contribution >= 4 is 5.97 Å². The molecule has 1 aromatic heterocycles. The molecule has 31 heavy (non-hydrogen) atoms. The predicted octanol–water partition coefficient (Wildman–Crippen LogP) is 4.38. The van der Waals surface area contributed by atoms with Crippen LogP contribution >= 0.6 is 0 Å². The molecule has 0 aromatic carbocycles. The topological polar surface area (TPSA) is 71.7 Å². The summed E-state index contributed by atoms with van der Waals surface area (Å²) >= 11 is 0. The maximum Gasteiger partial charge on any atom is 0.307 e. The summed E-state index contributed by atoms with van der Waals surface area (Å²) in [7, 11) is 2.15. The van der Waals surface area contributed by atoms with Gasteiger partial charge in [0.05, 0.1) is 13.0 Å². The monoisotopic (exact) mass is 434 g/mol. The zero-order valence-electron chi connectivity index (χ0n) is 20.1. The first-order valence-corrected chi connectivity index (χ1v) is 12.2. The van der Waals surface area contributed by atoms with Crippen LogP contribution in [0.4, 0.5) is 0 Å². The molecule has 0 N–H and O–H groups in total. The summed E-state index contributed by atoms with van der Waals surface area (Å²) in [5.41, 5.74) is -0.481. The molecule has 3 rings (SSSR count). The molecule has 0 bridgehead atoms. The standard InChI is InChI=1S/C24H42N4O3/c1-24(2,3)30-22(29)17-20(12-8-11-19-9-6-5-7-10-19)23-25-21(26-31-23)18-28-15-13-27(4)14-16-28/h19-20H,5-18H2,1-4H3. The fourth-order valence-corrected chi connectivity index (χ4v) is 4.73. The van der Waals surface area contributed by atoms with Crippen LogP contribution in [0, 0.1) is 5.92 Å². The van der Waals surface area contributed by atoms with Gasteiger partial charge in [-0.2, -0.15) is 4.98 Å². The second-order valence-electron chi connectivity index (χ2n) is 10.6. The number of aromatic nitrogens is 2. The van der Waals surface area contributed by atoms with Crippen LogP contribution in [0.5, 0.6) is 0 Å². The van der Waals surface area contributed by atoms with Gasteiger partial charge in [-0.3, -0.25) is 9.69 Å². The van der Waals surface area contributed by atoms with Crippen LogP contribution in [0.3, 0.4) is 0 Å². The van der Waals surface area contributed by atoms with E-state index in [1.54, 1.807) is 0 Å². The van der Waals surface area contributed by atoms with Crippen LogP contribution in [0.15, 0.2) is 4.52 Å². The van der Waals surface area contributed by atoms with Crippen LogP contribution in [0.1, 0.15) is 96.2 Å². The molecule has 1 aliphatic carbocycles. The van der Waals surface area contributed by atoms with E-state index in [2.05, 4.69) is 22.0 Å². The number of ether oxygens (including phenoxy) is 1. The van der Waals surface area contributed by atoms with Crippen molar-refractivity contribution in [3.8, 4) is 0 Å². The van der Waals surface area contributed by atoms with Crippen molar-refractivity contribution in [2.24, 2.45) is 5.92 Å². The Bertz CT molecular complexity index is 671. The highest BCUT2D eigenvalue weighted by Crippen LogP contribution is 2.31. The summed E-state index contributed by atoms with van der Waals surface area (Å²) in [4.78, 5) is 21.9. The van der Waals surface area contributed by atoms with Crippen LogP contribution in [-0.4, -0.2) is 64.7 Å². The van der Waals surface area contributed by atoms with E-state index in [0.29, 0.717) is 18.9 Å². The molecular formula is C24H42N4O3. The second-order valence-corrected chi connectivity index (χ2v) is 10.6. The van der Waals surface area contributed by atoms with Crippen molar-refractivity contribution in [3.05, 3.63) is 11.7 Å². The molecular weight excluding hydrogens is 392 g/mol. The van der Waals surface area contributed by atoms with Gasteiger partial charge in [-0.25, -0.2) is 0 Å². The molecule has 1 aliphatic heterocycles. The first kappa shape index (κ1) is 24.2. The fourth-order valence-electron chi connectivity index (χ4n) is 4.73. The molecule has 176 valence electrons. The number of carbonyl (C=O) groups excluding carboxylic acids is 1. The van der Waals surface area contributed by atoms with E-state index in [1.807, 2.05) is 20.8 Å². The Kier molecular flexibility index (Phi) is 8.90. The van der Waals surface area contributed by atoms with Crippen LogP contribution < -0.4 is 0 Å². The van der Waals surface area contributed by atoms with Crippen molar-refractivity contribution in [2.75, 3.05) is 33.2 Å². The lowest BCUT2D eigenvalue weighted by Crippen LogP contribution is -2.44. The van der Waals surface area contributed by atoms with Gasteiger partial charge in [0, 0.05) is 32.1 Å². The summed E-state index contributed by atoms with van der Waals surface area (Å²) < 4.78 is 11.2. The molecule has 1 unspecified atom stereocenters. The number of nitrogens with zero attached hydrogens (tertiary/aromatic N) is 4. The third-order valence-corrected chi connectivity index (χ3v) is 6.52. The third kappa shape index (κ3) is 8.53. The zero-order chi connectivity index (χ0) is 22.3. The molecule has 7 nitrogen and oxygen atoms in total. The predicted molar refractivity (Wildman–Crippen MR) is 121 cm³/mol. The highest BCUT2D eigenvalue weighted by Gasteiger charge is 2.27. The van der Waals surface area contributed by atoms with E-state index in [4.69, 9.17) is 14.2 Å². The minimum absolute atomic E-state index is 0.0628. The van der Waals surface area contributed by atoms with E-state index in [9.17, 15) is 4.79 Å². The highest BCUT2D eigenvalue weighted by molar-refractivity contribution is 5.70. The van der Waals surface area contributed by atoms with Crippen LogP contribution in [0.2, 0.25) is 0 Å². The highest BCUT2D eigenvalue weighted by atomic mass is 16.6. The van der Waals surface area contributed by atoms with E-state index >= 15 is 0 Å². The summed E-state index contributed by atoms with van der Waals surface area (Å²) in [5, 5.41) is 4.24. The van der Waals surface area contributed by atoms with Gasteiger partial charge in [0.2, 0.25) is 5.89 Å². The molecule has 1 saturated heterocycles. The van der Waals surface area contributed by atoms with Gasteiger partial charge in [0.25, 0.3) is 0 Å². The number of carbonyl (C=O) groups is 1. The molecule has 1 atom stereocenters. The van der Waals surface area contributed by atoms with Gasteiger partial charge in [0.15, 0.2) is 5.82 Å². The van der Waals surface area contributed by atoms with E-state index < -0.39 is 5.60 Å². The van der Waals surface area contributed by atoms with E-state index in [-0.39, 0.29) is 11.9 Å². The smallest absolute Gasteiger partial charge is 0.307 e. The van der Waals surface area contributed by atoms with Gasteiger partial charge in [-0.05, 0) is 40.2 Å². The first-order valence-electron chi connectivity index (χ1n) is 12.2. The third-order valence-electron chi connectivity index (χ3n) is 6.52. The lowest BCUT2D eigenvalue weighted by molar-refractivity contribution is -0.155. The van der Waals surface area contributed by atoms with E-state index in [1.165, 1.54) is 38.5 Å². The Hall–Kier alpha value is -1.47. The zero-order valence-corrected chi connectivity index (χ0v) is 20.1. The second kappa shape index (κ2) is 11.4. The molecule has 1 saturated carbocycles. The minimum Gasteiger partial charge on any atom is -0.460 e. The lowest BCUT2D eigenvalue weighted by atomic mass is 9.84. The van der Waals surface area contributed by atoms with Gasteiger partial charge in [-0.1, -0.05) is 50.1 Å². The Labute approximate surface area is 187 Å². The summed E-state index contributed by atoms with van der Waals surface area (Å²) in [6.07, 6.45) is 10.3. The Morgan fingerprint density at radius 2 is 1.87 bits per heavy atom.